The van der Waals surface area contributed by atoms with Crippen LogP contribution in [0, 0.1) is 13.8 Å². The Morgan fingerprint density at radius 3 is 2.86 bits per heavy atom. The van der Waals surface area contributed by atoms with Crippen molar-refractivity contribution in [3.63, 3.8) is 0 Å². The first-order valence-electron chi connectivity index (χ1n) is 7.74. The summed E-state index contributed by atoms with van der Waals surface area (Å²) < 4.78 is 1.22. The molecule has 1 saturated carbocycles. The summed E-state index contributed by atoms with van der Waals surface area (Å²) in [7, 11) is 0. The zero-order valence-corrected chi connectivity index (χ0v) is 13.3. The van der Waals surface area contributed by atoms with Gasteiger partial charge in [0.2, 0.25) is 0 Å². The zero-order valence-electron chi connectivity index (χ0n) is 12.5. The van der Waals surface area contributed by atoms with E-state index in [-0.39, 0.29) is 0 Å². The van der Waals surface area contributed by atoms with Crippen LogP contribution >= 0.6 is 11.3 Å². The number of aryl methyl sites for hydroxylation is 2. The van der Waals surface area contributed by atoms with Crippen LogP contribution in [0.1, 0.15) is 43.4 Å². The summed E-state index contributed by atoms with van der Waals surface area (Å²) in [6, 6.07) is 2.72. The number of fused-ring (bicyclic) bond motifs is 3. The van der Waals surface area contributed by atoms with E-state index in [2.05, 4.69) is 40.4 Å². The molecule has 3 aromatic heterocycles. The van der Waals surface area contributed by atoms with Crippen molar-refractivity contribution in [2.45, 2.75) is 52.0 Å². The van der Waals surface area contributed by atoms with Crippen molar-refractivity contribution in [3.8, 4) is 0 Å². The molecule has 0 radical (unpaired) electrons. The summed E-state index contributed by atoms with van der Waals surface area (Å²) in [5, 5.41) is 12.6. The molecule has 0 unspecified atom stereocenters. The van der Waals surface area contributed by atoms with Crippen LogP contribution < -0.4 is 5.32 Å². The summed E-state index contributed by atoms with van der Waals surface area (Å²) in [6.07, 6.45) is 6.56. The maximum Gasteiger partial charge on any atom is 0.166 e. The van der Waals surface area contributed by atoms with Crippen molar-refractivity contribution in [1.82, 2.24) is 15.2 Å². The third kappa shape index (κ3) is 2.20. The Labute approximate surface area is 128 Å². The summed E-state index contributed by atoms with van der Waals surface area (Å²) in [5.41, 5.74) is 3.49. The van der Waals surface area contributed by atoms with Gasteiger partial charge >= 0.3 is 0 Å². The fourth-order valence-corrected chi connectivity index (χ4v) is 4.61. The number of pyridine rings is 1. The predicted molar refractivity (Wildman–Crippen MR) is 89.2 cm³/mol. The van der Waals surface area contributed by atoms with Crippen LogP contribution in [0.25, 0.3) is 20.4 Å². The lowest BCUT2D eigenvalue weighted by Crippen LogP contribution is -2.22. The number of H-pyrrole nitrogens is 1. The van der Waals surface area contributed by atoms with Crippen molar-refractivity contribution >= 4 is 37.6 Å². The molecule has 1 aliphatic rings. The Bertz CT molecular complexity index is 795. The van der Waals surface area contributed by atoms with Gasteiger partial charge in [-0.2, -0.15) is 5.10 Å². The summed E-state index contributed by atoms with van der Waals surface area (Å²) in [4.78, 5) is 5.79. The van der Waals surface area contributed by atoms with Gasteiger partial charge in [-0.3, -0.25) is 5.10 Å². The summed E-state index contributed by atoms with van der Waals surface area (Å²) >= 11 is 1.74. The lowest BCUT2D eigenvalue weighted by molar-refractivity contribution is 0.462. The van der Waals surface area contributed by atoms with E-state index < -0.39 is 0 Å². The summed E-state index contributed by atoms with van der Waals surface area (Å²) in [5.74, 6) is 1.01. The van der Waals surface area contributed by atoms with E-state index in [0.29, 0.717) is 6.04 Å². The molecule has 4 rings (SSSR count). The molecule has 0 amide bonds. The third-order valence-corrected chi connectivity index (χ3v) is 5.52. The smallest absolute Gasteiger partial charge is 0.166 e. The van der Waals surface area contributed by atoms with Crippen molar-refractivity contribution in [1.29, 1.82) is 0 Å². The number of nitrogens with zero attached hydrogens (tertiary/aromatic N) is 2. The molecule has 0 atom stereocenters. The highest BCUT2D eigenvalue weighted by atomic mass is 32.1. The minimum absolute atomic E-state index is 0.575. The van der Waals surface area contributed by atoms with Gasteiger partial charge in [-0.15, -0.1) is 11.3 Å². The average Bonchev–Trinajstić information content (AvgIpc) is 2.99. The molecule has 0 spiro atoms. The van der Waals surface area contributed by atoms with Gasteiger partial charge < -0.3 is 5.32 Å². The monoisotopic (exact) mass is 300 g/mol. The maximum absolute atomic E-state index is 4.68. The van der Waals surface area contributed by atoms with Crippen molar-refractivity contribution in [2.24, 2.45) is 0 Å². The second kappa shape index (κ2) is 4.98. The van der Waals surface area contributed by atoms with Gasteiger partial charge in [-0.25, -0.2) is 4.98 Å². The minimum Gasteiger partial charge on any atom is -0.365 e. The molecule has 2 N–H and O–H groups in total. The van der Waals surface area contributed by atoms with Crippen molar-refractivity contribution in [3.05, 3.63) is 17.3 Å². The Morgan fingerprint density at radius 1 is 1.24 bits per heavy atom. The van der Waals surface area contributed by atoms with Gasteiger partial charge in [0.15, 0.2) is 5.82 Å². The Morgan fingerprint density at radius 2 is 2.05 bits per heavy atom. The van der Waals surface area contributed by atoms with Gasteiger partial charge in [0, 0.05) is 17.1 Å². The van der Waals surface area contributed by atoms with E-state index in [4.69, 9.17) is 0 Å². The Balaban J connectivity index is 1.78. The molecule has 0 aliphatic heterocycles. The van der Waals surface area contributed by atoms with Crippen LogP contribution in [-0.4, -0.2) is 21.2 Å². The van der Waals surface area contributed by atoms with Gasteiger partial charge in [0.1, 0.15) is 4.83 Å². The number of rotatable bonds is 2. The normalized spacial score (nSPS) is 16.9. The van der Waals surface area contributed by atoms with Gasteiger partial charge in [0.25, 0.3) is 0 Å². The topological polar surface area (TPSA) is 53.6 Å². The first kappa shape index (κ1) is 13.1. The predicted octanol–water partition coefficient (Wildman–Crippen LogP) is 4.53. The number of nitrogens with one attached hydrogen (secondary N) is 2. The van der Waals surface area contributed by atoms with Crippen molar-refractivity contribution < 1.29 is 0 Å². The Hall–Kier alpha value is -1.62. The molecule has 1 fully saturated rings. The Kier molecular flexibility index (Phi) is 3.10. The standard InChI is InChI=1S/C16H20N4S/c1-9-8-10(2)17-16-12(9)13-14(21-16)15(20-19-13)18-11-6-4-3-5-7-11/h8,11H,3-7H2,1-2H3,(H2,18,19,20). The fraction of sp³-hybridized carbons (Fsp3) is 0.500. The molecule has 0 aromatic carbocycles. The second-order valence-electron chi connectivity index (χ2n) is 6.12. The van der Waals surface area contributed by atoms with Crippen LogP contribution in [0.5, 0.6) is 0 Å². The van der Waals surface area contributed by atoms with Crippen LogP contribution in [-0.2, 0) is 0 Å². The second-order valence-corrected chi connectivity index (χ2v) is 7.12. The van der Waals surface area contributed by atoms with E-state index in [1.54, 1.807) is 11.3 Å². The van der Waals surface area contributed by atoms with E-state index in [1.165, 1.54) is 47.8 Å². The SMILES string of the molecule is Cc1cc(C)c2c(n1)sc1c(NC3CCCCC3)n[nH]c12. The van der Waals surface area contributed by atoms with Crippen LogP contribution in [0.2, 0.25) is 0 Å². The molecule has 3 heterocycles. The first-order chi connectivity index (χ1) is 10.2. The van der Waals surface area contributed by atoms with Crippen molar-refractivity contribution in [2.75, 3.05) is 5.32 Å². The van der Waals surface area contributed by atoms with E-state index in [0.717, 1.165) is 21.9 Å². The number of hydrogen-bond donors (Lipinski definition) is 2. The number of anilines is 1. The number of aromatic amines is 1. The van der Waals surface area contributed by atoms with Gasteiger partial charge in [-0.1, -0.05) is 19.3 Å². The molecule has 110 valence electrons. The van der Waals surface area contributed by atoms with Crippen LogP contribution in [0.4, 0.5) is 5.82 Å². The third-order valence-electron chi connectivity index (χ3n) is 4.43. The molecule has 3 aromatic rings. The van der Waals surface area contributed by atoms with E-state index in [1.807, 2.05) is 0 Å². The molecule has 5 heteroatoms. The minimum atomic E-state index is 0.575. The number of hydrogen-bond acceptors (Lipinski definition) is 4. The lowest BCUT2D eigenvalue weighted by atomic mass is 9.95. The molecular weight excluding hydrogens is 280 g/mol. The summed E-state index contributed by atoms with van der Waals surface area (Å²) in [6.45, 7) is 4.21. The van der Waals surface area contributed by atoms with Crippen LogP contribution in [0.15, 0.2) is 6.07 Å². The fourth-order valence-electron chi connectivity index (χ4n) is 3.42. The highest BCUT2D eigenvalue weighted by molar-refractivity contribution is 7.26. The lowest BCUT2D eigenvalue weighted by Gasteiger charge is -2.22. The highest BCUT2D eigenvalue weighted by Gasteiger charge is 2.19. The molecule has 4 nitrogen and oxygen atoms in total. The molecular formula is C16H20N4S. The first-order valence-corrected chi connectivity index (χ1v) is 8.55. The molecule has 1 aliphatic carbocycles. The molecule has 0 bridgehead atoms. The van der Waals surface area contributed by atoms with E-state index in [9.17, 15) is 0 Å². The maximum atomic E-state index is 4.68. The number of aromatic nitrogens is 3. The quantitative estimate of drug-likeness (QED) is 0.731. The average molecular weight is 300 g/mol. The largest absolute Gasteiger partial charge is 0.365 e. The highest BCUT2D eigenvalue weighted by Crippen LogP contribution is 2.38. The van der Waals surface area contributed by atoms with Gasteiger partial charge in [0.05, 0.1) is 10.2 Å². The van der Waals surface area contributed by atoms with E-state index >= 15 is 0 Å². The van der Waals surface area contributed by atoms with Gasteiger partial charge in [-0.05, 0) is 38.3 Å². The zero-order chi connectivity index (χ0) is 14.4. The number of thiophene rings is 1. The molecule has 21 heavy (non-hydrogen) atoms. The molecule has 0 saturated heterocycles. The van der Waals surface area contributed by atoms with Crippen LogP contribution in [0.3, 0.4) is 0 Å².